The molecule has 0 N–H and O–H groups in total. The fourth-order valence-electron chi connectivity index (χ4n) is 1.16. The Balaban J connectivity index is 3.27. The van der Waals surface area contributed by atoms with Crippen LogP contribution in [-0.4, -0.2) is 0 Å². The van der Waals surface area contributed by atoms with Crippen LogP contribution in [0.15, 0.2) is 0 Å². The average molecular weight is 140 g/mol. The number of hydrogen-bond donors (Lipinski definition) is 0. The normalized spacial score (nSPS) is 16.7. The molecule has 0 saturated carbocycles. The summed E-state index contributed by atoms with van der Waals surface area (Å²) in [6, 6.07) is 0. The van der Waals surface area contributed by atoms with Crippen molar-refractivity contribution in [2.75, 3.05) is 0 Å². The van der Waals surface area contributed by atoms with Gasteiger partial charge in [-0.3, -0.25) is 0 Å². The van der Waals surface area contributed by atoms with Crippen LogP contribution in [0.2, 0.25) is 0 Å². The van der Waals surface area contributed by atoms with Crippen LogP contribution in [0.5, 0.6) is 0 Å². The van der Waals surface area contributed by atoms with Gasteiger partial charge in [0.05, 0.1) is 12.8 Å². The predicted octanol–water partition coefficient (Wildman–Crippen LogP) is 3.49. The van der Waals surface area contributed by atoms with E-state index in [2.05, 4.69) is 27.7 Å². The highest BCUT2D eigenvalue weighted by atomic mass is 14.1. The van der Waals surface area contributed by atoms with Crippen LogP contribution >= 0.6 is 0 Å². The van der Waals surface area contributed by atoms with Crippen LogP contribution in [0, 0.1) is 25.7 Å². The van der Waals surface area contributed by atoms with Crippen LogP contribution < -0.4 is 0 Å². The van der Waals surface area contributed by atoms with Crippen molar-refractivity contribution in [1.82, 2.24) is 0 Å². The third-order valence-corrected chi connectivity index (χ3v) is 1.94. The van der Waals surface area contributed by atoms with Crippen molar-refractivity contribution in [2.24, 2.45) is 11.8 Å². The summed E-state index contributed by atoms with van der Waals surface area (Å²) in [4.78, 5) is 0. The molecule has 0 saturated heterocycles. The molecule has 0 spiro atoms. The van der Waals surface area contributed by atoms with Crippen molar-refractivity contribution < 1.29 is 0 Å². The molecule has 0 aromatic rings. The minimum Gasteiger partial charge on any atom is -0.340 e. The van der Waals surface area contributed by atoms with Crippen LogP contribution in [0.4, 0.5) is 0 Å². The van der Waals surface area contributed by atoms with Crippen molar-refractivity contribution in [1.29, 1.82) is 0 Å². The standard InChI is InChI=1S/C10H20/c1-5-7-10(4)8-9(3)6-2/h9-10H,3-8H2,1-2H3. The Labute approximate surface area is 66.0 Å². The summed E-state index contributed by atoms with van der Waals surface area (Å²) in [5.41, 5.74) is 0. The summed E-state index contributed by atoms with van der Waals surface area (Å²) < 4.78 is 0. The molecule has 60 valence electrons. The molecule has 0 aliphatic carbocycles. The fourth-order valence-corrected chi connectivity index (χ4v) is 1.16. The van der Waals surface area contributed by atoms with Crippen LogP contribution in [-0.2, 0) is 0 Å². The van der Waals surface area contributed by atoms with E-state index < -0.39 is 0 Å². The Morgan fingerprint density at radius 3 is 2.40 bits per heavy atom. The van der Waals surface area contributed by atoms with Crippen LogP contribution in [0.1, 0.15) is 39.5 Å². The van der Waals surface area contributed by atoms with Gasteiger partial charge in [-0.25, -0.2) is 0 Å². The zero-order valence-electron chi connectivity index (χ0n) is 7.40. The Morgan fingerprint density at radius 2 is 2.00 bits per heavy atom. The van der Waals surface area contributed by atoms with Gasteiger partial charge in [-0.1, -0.05) is 26.7 Å². The molecule has 0 aliphatic rings. The monoisotopic (exact) mass is 140 g/mol. The molecule has 0 aliphatic heterocycles. The molecule has 0 heteroatoms. The Morgan fingerprint density at radius 1 is 1.40 bits per heavy atom. The third-order valence-electron chi connectivity index (χ3n) is 1.94. The van der Waals surface area contributed by atoms with Gasteiger partial charge in [-0.2, -0.15) is 5.92 Å². The predicted molar refractivity (Wildman–Crippen MR) is 47.5 cm³/mol. The lowest BCUT2D eigenvalue weighted by Crippen LogP contribution is -2.01. The molecule has 2 atom stereocenters. The van der Waals surface area contributed by atoms with Gasteiger partial charge in [0.1, 0.15) is 0 Å². The van der Waals surface area contributed by atoms with E-state index in [-0.39, 0.29) is 0 Å². The van der Waals surface area contributed by atoms with Crippen LogP contribution in [0.25, 0.3) is 0 Å². The lowest BCUT2D eigenvalue weighted by Gasteiger charge is -2.15. The summed E-state index contributed by atoms with van der Waals surface area (Å²) in [5.74, 6) is 1.25. The molecule has 0 radical (unpaired) electrons. The van der Waals surface area contributed by atoms with Crippen molar-refractivity contribution in [3.8, 4) is 0 Å². The minimum absolute atomic E-state index is 0.619. The summed E-state index contributed by atoms with van der Waals surface area (Å²) in [6.45, 7) is 12.5. The largest absolute Gasteiger partial charge is 0.340 e. The van der Waals surface area contributed by atoms with Gasteiger partial charge in [-0.05, 0) is 12.8 Å². The van der Waals surface area contributed by atoms with E-state index in [0.717, 1.165) is 0 Å². The highest BCUT2D eigenvalue weighted by Crippen LogP contribution is 2.17. The van der Waals surface area contributed by atoms with Gasteiger partial charge in [0.25, 0.3) is 0 Å². The van der Waals surface area contributed by atoms with E-state index in [9.17, 15) is 0 Å². The lowest BCUT2D eigenvalue weighted by molar-refractivity contribution is 0.441. The molecular formula is C10H20. The van der Waals surface area contributed by atoms with E-state index in [1.54, 1.807) is 0 Å². The number of rotatable bonds is 5. The van der Waals surface area contributed by atoms with E-state index in [1.807, 2.05) is 0 Å². The quantitative estimate of drug-likeness (QED) is 0.513. The first-order chi connectivity index (χ1) is 4.70. The van der Waals surface area contributed by atoms with Crippen molar-refractivity contribution in [3.05, 3.63) is 13.8 Å². The first kappa shape index (κ1) is 9.87. The second-order valence-corrected chi connectivity index (χ2v) is 3.16. The second kappa shape index (κ2) is 5.64. The molecule has 2 unspecified atom stereocenters. The maximum atomic E-state index is 4.08. The van der Waals surface area contributed by atoms with Gasteiger partial charge in [-0.15, -0.1) is 0 Å². The second-order valence-electron chi connectivity index (χ2n) is 3.16. The summed E-state index contributed by atoms with van der Waals surface area (Å²) in [6.07, 6.45) is 4.90. The average Bonchev–Trinajstić information content (AvgIpc) is 1.88. The van der Waals surface area contributed by atoms with Gasteiger partial charge in [0.2, 0.25) is 0 Å². The van der Waals surface area contributed by atoms with Gasteiger partial charge in [0.15, 0.2) is 0 Å². The molecule has 0 rings (SSSR count). The summed E-state index contributed by atoms with van der Waals surface area (Å²) in [7, 11) is 0. The zero-order valence-corrected chi connectivity index (χ0v) is 7.40. The van der Waals surface area contributed by atoms with Gasteiger partial charge in [0, 0.05) is 0 Å². The van der Waals surface area contributed by atoms with E-state index >= 15 is 0 Å². The SMILES string of the molecule is [CH2+]C(CCC)CC([CH2-])CC. The van der Waals surface area contributed by atoms with Gasteiger partial charge < -0.3 is 6.92 Å². The number of hydrogen-bond acceptors (Lipinski definition) is 0. The topological polar surface area (TPSA) is 0 Å². The molecular weight excluding hydrogens is 120 g/mol. The van der Waals surface area contributed by atoms with Crippen molar-refractivity contribution in [3.63, 3.8) is 0 Å². The molecule has 0 fully saturated rings. The van der Waals surface area contributed by atoms with Gasteiger partial charge >= 0.3 is 0 Å². The maximum absolute atomic E-state index is 4.08. The molecule has 0 nitrogen and oxygen atoms in total. The van der Waals surface area contributed by atoms with Crippen molar-refractivity contribution in [2.45, 2.75) is 39.5 Å². The molecule has 0 bridgehead atoms. The van der Waals surface area contributed by atoms with E-state index in [4.69, 9.17) is 0 Å². The molecule has 0 aromatic carbocycles. The fraction of sp³-hybridized carbons (Fsp3) is 0.800. The smallest absolute Gasteiger partial charge is 0.0930 e. The molecule has 10 heavy (non-hydrogen) atoms. The lowest BCUT2D eigenvalue weighted by atomic mass is 9.92. The van der Waals surface area contributed by atoms with Crippen LogP contribution in [0.3, 0.4) is 0 Å². The first-order valence-electron chi connectivity index (χ1n) is 4.36. The highest BCUT2D eigenvalue weighted by molar-refractivity contribution is 4.67. The molecule has 0 aromatic heterocycles. The Hall–Kier alpha value is -0.130. The molecule has 0 amide bonds. The first-order valence-corrected chi connectivity index (χ1v) is 4.36. The van der Waals surface area contributed by atoms with E-state index in [0.29, 0.717) is 11.8 Å². The van der Waals surface area contributed by atoms with E-state index in [1.165, 1.54) is 25.7 Å². The maximum Gasteiger partial charge on any atom is 0.0930 e. The minimum atomic E-state index is 0.619. The zero-order chi connectivity index (χ0) is 7.98. The summed E-state index contributed by atoms with van der Waals surface area (Å²) in [5, 5.41) is 0. The highest BCUT2D eigenvalue weighted by Gasteiger charge is 2.07. The van der Waals surface area contributed by atoms with Crippen molar-refractivity contribution >= 4 is 0 Å². The molecule has 0 heterocycles. The Bertz CT molecular complexity index is 66.4. The third kappa shape index (κ3) is 4.72. The summed E-state index contributed by atoms with van der Waals surface area (Å²) >= 11 is 0. The Kier molecular flexibility index (Phi) is 5.57.